The Morgan fingerprint density at radius 2 is 0.953 bits per heavy atom. The highest BCUT2D eigenvalue weighted by Gasteiger charge is 2.37. The molecule has 86 heavy (non-hydrogen) atoms. The number of ether oxygens (including phenoxy) is 3. The van der Waals surface area contributed by atoms with Crippen molar-refractivity contribution < 1.29 is 33.2 Å². The number of H-pyrrole nitrogens is 3. The van der Waals surface area contributed by atoms with Gasteiger partial charge in [-0.1, -0.05) is 127 Å². The van der Waals surface area contributed by atoms with Crippen LogP contribution in [0.4, 0.5) is 0 Å². The van der Waals surface area contributed by atoms with E-state index in [-0.39, 0.29) is 49.1 Å². The van der Waals surface area contributed by atoms with E-state index in [1.165, 1.54) is 48.2 Å². The number of aryl methyl sites for hydroxylation is 3. The van der Waals surface area contributed by atoms with Crippen molar-refractivity contribution in [2.45, 2.75) is 122 Å². The number of halogens is 1. The fourth-order valence-corrected chi connectivity index (χ4v) is 12.8. The lowest BCUT2D eigenvalue weighted by atomic mass is 10.1. The molecule has 7 aromatic rings. The number of fused-ring (bicyclic) bond motifs is 1. The molecule has 0 radical (unpaired) electrons. The SMILES string of the molecule is CC[C@H]1O[C@@H](n2cc(C)c(=O)[nH]c2=O)CC1N.CC[C@H]1O[C@@H](n2cc(C)c(=O)[nH]c2=O)CC1N=[N+]=[N-].Cc1cn([C@H]2CC(N=[N+]=[N-])[C@@H](CO)O2)c(=O)[nH]c1=O.O=C1OP(Cl)Oc2ccccc21.c1ccc(P(c2ccccc2)c2ccccc2)cc1. The summed E-state index contributed by atoms with van der Waals surface area (Å²) in [7, 11) is -2.04. The number of nitrogens with two attached hydrogens (primary N) is 1. The highest BCUT2D eigenvalue weighted by molar-refractivity contribution is 7.79. The first-order valence-electron chi connectivity index (χ1n) is 27.2. The Balaban J connectivity index is 0.000000155. The van der Waals surface area contributed by atoms with Gasteiger partial charge in [-0.3, -0.25) is 43.0 Å². The number of carbonyl (C=O) groups is 1. The Bertz CT molecular complexity index is 3690. The average Bonchev–Trinajstić information content (AvgIpc) is 3.47. The van der Waals surface area contributed by atoms with E-state index >= 15 is 0 Å². The molecule has 11 rings (SSSR count). The van der Waals surface area contributed by atoms with Crippen molar-refractivity contribution in [3.8, 4) is 5.75 Å². The Morgan fingerprint density at radius 3 is 1.35 bits per heavy atom. The second kappa shape index (κ2) is 31.2. The molecule has 26 nitrogen and oxygen atoms in total. The molecule has 0 aliphatic carbocycles. The molecule has 6 N–H and O–H groups in total. The third-order valence-electron chi connectivity index (χ3n) is 13.9. The minimum atomic E-state index is -1.59. The molecular formula is C57H64ClN13O13P2. The second-order valence-electron chi connectivity index (χ2n) is 19.8. The van der Waals surface area contributed by atoms with E-state index in [0.29, 0.717) is 47.3 Å². The van der Waals surface area contributed by atoms with Crippen molar-refractivity contribution in [3.63, 3.8) is 0 Å². The zero-order valence-corrected chi connectivity index (χ0v) is 49.9. The van der Waals surface area contributed by atoms with Crippen LogP contribution in [0.5, 0.6) is 5.75 Å². The summed E-state index contributed by atoms with van der Waals surface area (Å²) in [5.41, 5.74) is 21.8. The summed E-state index contributed by atoms with van der Waals surface area (Å²) in [4.78, 5) is 92.3. The van der Waals surface area contributed by atoms with E-state index < -0.39 is 74.4 Å². The van der Waals surface area contributed by atoms with Gasteiger partial charge in [-0.05, 0) is 91.9 Å². The molecule has 0 bridgehead atoms. The topological polar surface area (TPSA) is 372 Å². The van der Waals surface area contributed by atoms with E-state index in [9.17, 15) is 33.6 Å². The highest BCUT2D eigenvalue weighted by atomic mass is 35.7. The predicted molar refractivity (Wildman–Crippen MR) is 326 cm³/mol. The molecule has 0 amide bonds. The summed E-state index contributed by atoms with van der Waals surface area (Å²) in [6, 6.07) is 38.3. The second-order valence-corrected chi connectivity index (χ2v) is 23.6. The third kappa shape index (κ3) is 16.8. The molecule has 0 saturated carbocycles. The van der Waals surface area contributed by atoms with Crippen LogP contribution in [0, 0.1) is 20.8 Å². The van der Waals surface area contributed by atoms with Gasteiger partial charge < -0.3 is 34.1 Å². The minimum absolute atomic E-state index is 0.0286. The van der Waals surface area contributed by atoms with Crippen molar-refractivity contribution >= 4 is 48.8 Å². The molecule has 4 aliphatic rings. The number of nitrogens with zero attached hydrogens (tertiary/aromatic N) is 9. The van der Waals surface area contributed by atoms with Gasteiger partial charge in [-0.25, -0.2) is 19.2 Å². The number of carbonyl (C=O) groups excluding carboxylic acids is 1. The van der Waals surface area contributed by atoms with Gasteiger partial charge in [0.1, 0.15) is 30.0 Å². The number of aliphatic hydroxyl groups excluding tert-OH is 1. The van der Waals surface area contributed by atoms with Gasteiger partial charge in [-0.15, -0.1) is 0 Å². The predicted octanol–water partition coefficient (Wildman–Crippen LogP) is 7.04. The van der Waals surface area contributed by atoms with Crippen molar-refractivity contribution in [2.75, 3.05) is 6.61 Å². The lowest BCUT2D eigenvalue weighted by molar-refractivity contribution is -0.0271. The lowest BCUT2D eigenvalue weighted by Crippen LogP contribution is -2.33. The fraction of sp³-hybridized carbons (Fsp3) is 0.351. The van der Waals surface area contributed by atoms with Crippen molar-refractivity contribution in [3.05, 3.63) is 240 Å². The maximum atomic E-state index is 11.8. The molecule has 452 valence electrons. The van der Waals surface area contributed by atoms with E-state index in [0.717, 1.165) is 6.42 Å². The molecule has 3 fully saturated rings. The summed E-state index contributed by atoms with van der Waals surface area (Å²) < 4.78 is 30.6. The first-order chi connectivity index (χ1) is 41.4. The molecule has 7 heterocycles. The van der Waals surface area contributed by atoms with Crippen molar-refractivity contribution in [2.24, 2.45) is 16.0 Å². The van der Waals surface area contributed by atoms with Crippen LogP contribution in [-0.4, -0.2) is 82.8 Å². The minimum Gasteiger partial charge on any atom is -0.426 e. The number of rotatable bonds is 11. The molecule has 4 aliphatic heterocycles. The number of aromatic amines is 3. The number of para-hydroxylation sites is 1. The van der Waals surface area contributed by atoms with E-state index in [1.54, 1.807) is 45.0 Å². The number of nitrogens with one attached hydrogen (secondary N) is 3. The van der Waals surface area contributed by atoms with Crippen LogP contribution in [0.25, 0.3) is 20.9 Å². The van der Waals surface area contributed by atoms with Crippen molar-refractivity contribution in [1.29, 1.82) is 0 Å². The van der Waals surface area contributed by atoms with Gasteiger partial charge in [0.25, 0.3) is 16.7 Å². The quantitative estimate of drug-likeness (QED) is 0.0375. The Labute approximate surface area is 498 Å². The normalized spacial score (nSPS) is 22.4. The summed E-state index contributed by atoms with van der Waals surface area (Å²) >= 11 is 5.54. The smallest absolute Gasteiger partial charge is 0.403 e. The van der Waals surface area contributed by atoms with Gasteiger partial charge >= 0.3 is 30.8 Å². The Hall–Kier alpha value is -8.24. The van der Waals surface area contributed by atoms with Gasteiger partial charge in [0.15, 0.2) is 0 Å². The van der Waals surface area contributed by atoms with E-state index in [2.05, 4.69) is 131 Å². The van der Waals surface area contributed by atoms with Crippen LogP contribution in [0.2, 0.25) is 0 Å². The van der Waals surface area contributed by atoms with Gasteiger partial charge in [0, 0.05) is 70.4 Å². The monoisotopic (exact) mass is 1240 g/mol. The van der Waals surface area contributed by atoms with Gasteiger partial charge in [-0.2, -0.15) is 0 Å². The first-order valence-corrected chi connectivity index (χ1v) is 30.6. The van der Waals surface area contributed by atoms with Crippen LogP contribution in [-0.2, 0) is 18.7 Å². The molecule has 29 heteroatoms. The first kappa shape index (κ1) is 65.3. The number of hydrogen-bond acceptors (Lipinski definition) is 16. The standard InChI is InChI=1S/C18H15P.C11H15N5O3.C11H17N3O3.C10H13N5O4.C7H4ClO3P/c1-4-10-16(11-5-1)19(17-12-6-2-7-13-17)18-14-8-3-9-15-18;1-3-8-7(14-15-12)4-9(19-8)16-5-6(2)10(17)13-11(16)18;1-3-8-7(12)4-9(17-8)14-5-6(2)10(15)13-11(14)16;1-5-3-15(10(18)12-9(5)17)8-2-6(13-14-11)7(4-16)19-8;8-12-10-6-4-2-1-3-5(6)7(9)11-12/h1-15H;5,7-9H,3-4H2,1-2H3,(H,13,17,18);5,7-9H,3-4,12H2,1-2H3,(H,13,15,16);3,6-8,16H,2,4H2,1H3,(H,12,17,18);1-4H/t;2*7?,8-,9-;6?,7-,8-;/m.111./s1. The molecule has 3 aromatic heterocycles. The molecule has 0 spiro atoms. The highest BCUT2D eigenvalue weighted by Crippen LogP contribution is 2.49. The van der Waals surface area contributed by atoms with Crippen LogP contribution in [0.15, 0.2) is 173 Å². The summed E-state index contributed by atoms with van der Waals surface area (Å²) in [6.45, 7) is 8.45. The zero-order valence-electron chi connectivity index (χ0n) is 47.4. The summed E-state index contributed by atoms with van der Waals surface area (Å²) in [6.07, 6.45) is 4.72. The Kier molecular flexibility index (Phi) is 23.7. The van der Waals surface area contributed by atoms with Crippen molar-refractivity contribution in [1.82, 2.24) is 28.7 Å². The number of aromatic nitrogens is 6. The number of azide groups is 2. The molecule has 4 unspecified atom stereocenters. The van der Waals surface area contributed by atoms with Crippen LogP contribution in [0.1, 0.15) is 91.7 Å². The maximum Gasteiger partial charge on any atom is 0.403 e. The molecule has 10 atom stereocenters. The van der Waals surface area contributed by atoms with Crippen LogP contribution >= 0.6 is 26.9 Å². The number of benzene rings is 4. The summed E-state index contributed by atoms with van der Waals surface area (Å²) in [5, 5.41) is 20.6. The van der Waals surface area contributed by atoms with E-state index in [4.69, 9.17) is 51.9 Å². The average molecular weight is 1240 g/mol. The zero-order chi connectivity index (χ0) is 62.0. The number of aliphatic hydroxyl groups is 1. The maximum absolute atomic E-state index is 11.8. The number of hydrogen-bond donors (Lipinski definition) is 5. The van der Waals surface area contributed by atoms with Gasteiger partial charge in [0.2, 0.25) is 0 Å². The largest absolute Gasteiger partial charge is 0.426 e. The molecular weight excluding hydrogens is 1170 g/mol. The van der Waals surface area contributed by atoms with E-state index in [1.807, 2.05) is 13.8 Å². The third-order valence-corrected chi connectivity index (χ3v) is 17.4. The van der Waals surface area contributed by atoms with Crippen LogP contribution in [0.3, 0.4) is 0 Å². The summed E-state index contributed by atoms with van der Waals surface area (Å²) in [5.74, 6) is 0.0767. The molecule has 3 saturated heterocycles. The van der Waals surface area contributed by atoms with Crippen LogP contribution < -0.4 is 59.9 Å². The van der Waals surface area contributed by atoms with Gasteiger partial charge in [0.05, 0.1) is 37.0 Å². The Morgan fingerprint density at radius 1 is 0.581 bits per heavy atom. The fourth-order valence-electron chi connectivity index (χ4n) is 9.50. The molecule has 4 aromatic carbocycles. The lowest BCUT2D eigenvalue weighted by Gasteiger charge is -2.18.